The van der Waals surface area contributed by atoms with Crippen LogP contribution in [-0.2, 0) is 0 Å². The van der Waals surface area contributed by atoms with Crippen molar-refractivity contribution in [2.45, 2.75) is 32.2 Å². The van der Waals surface area contributed by atoms with E-state index in [9.17, 15) is 0 Å². The van der Waals surface area contributed by atoms with E-state index in [0.29, 0.717) is 18.8 Å². The molecule has 0 aromatic heterocycles. The second-order valence-electron chi connectivity index (χ2n) is 5.69. The molecule has 1 unspecified atom stereocenters. The van der Waals surface area contributed by atoms with E-state index in [4.69, 9.17) is 14.6 Å². The number of rotatable bonds is 6. The average Bonchev–Trinajstić information content (AvgIpc) is 3.02. The van der Waals surface area contributed by atoms with Crippen molar-refractivity contribution in [1.29, 1.82) is 0 Å². The minimum absolute atomic E-state index is 0.283. The fourth-order valence-electron chi connectivity index (χ4n) is 2.60. The highest BCUT2D eigenvalue weighted by atomic mass is 16.7. The van der Waals surface area contributed by atoms with E-state index in [1.165, 1.54) is 18.4 Å². The molecule has 1 atom stereocenters. The van der Waals surface area contributed by atoms with Gasteiger partial charge in [0, 0.05) is 19.2 Å². The molecule has 0 spiro atoms. The first-order valence-corrected chi connectivity index (χ1v) is 6.96. The van der Waals surface area contributed by atoms with Crippen molar-refractivity contribution in [2.75, 3.05) is 19.9 Å². The van der Waals surface area contributed by atoms with Gasteiger partial charge in [-0.15, -0.1) is 0 Å². The van der Waals surface area contributed by atoms with Gasteiger partial charge in [-0.25, -0.2) is 0 Å². The summed E-state index contributed by atoms with van der Waals surface area (Å²) in [6, 6.07) is 6.38. The molecule has 4 nitrogen and oxygen atoms in total. The third-order valence-corrected chi connectivity index (χ3v) is 4.28. The fraction of sp³-hybridized carbons (Fsp3) is 0.600. The number of ether oxygens (including phenoxy) is 2. The maximum atomic E-state index is 9.07. The first-order chi connectivity index (χ1) is 9.22. The molecular weight excluding hydrogens is 242 g/mol. The molecule has 19 heavy (non-hydrogen) atoms. The average molecular weight is 263 g/mol. The fourth-order valence-corrected chi connectivity index (χ4v) is 2.60. The number of aliphatic hydroxyl groups is 1. The van der Waals surface area contributed by atoms with Gasteiger partial charge in [0.25, 0.3) is 0 Å². The van der Waals surface area contributed by atoms with Crippen molar-refractivity contribution >= 4 is 0 Å². The summed E-state index contributed by atoms with van der Waals surface area (Å²) in [5.74, 6) is 1.66. The maximum Gasteiger partial charge on any atom is 0.231 e. The lowest BCUT2D eigenvalue weighted by Crippen LogP contribution is -2.27. The Hall–Kier alpha value is -1.26. The van der Waals surface area contributed by atoms with Gasteiger partial charge in [-0.1, -0.05) is 6.07 Å². The molecule has 0 amide bonds. The first-order valence-electron chi connectivity index (χ1n) is 6.96. The topological polar surface area (TPSA) is 50.7 Å². The molecule has 1 aromatic rings. The summed E-state index contributed by atoms with van der Waals surface area (Å²) in [5.41, 5.74) is 1.56. The molecule has 1 aliphatic heterocycles. The molecule has 0 saturated heterocycles. The van der Waals surface area contributed by atoms with Gasteiger partial charge in [-0.3, -0.25) is 0 Å². The molecule has 104 valence electrons. The lowest BCUT2D eigenvalue weighted by atomic mass is 10.0. The number of hydrogen-bond donors (Lipinski definition) is 2. The molecule has 0 bridgehead atoms. The Morgan fingerprint density at radius 3 is 2.84 bits per heavy atom. The molecular formula is C15H21NO3. The number of aliphatic hydroxyl groups excluding tert-OH is 1. The normalized spacial score (nSPS) is 20.3. The van der Waals surface area contributed by atoms with E-state index in [1.54, 1.807) is 0 Å². The van der Waals surface area contributed by atoms with Gasteiger partial charge < -0.3 is 19.9 Å². The zero-order valence-corrected chi connectivity index (χ0v) is 11.3. The largest absolute Gasteiger partial charge is 0.454 e. The molecule has 1 heterocycles. The predicted octanol–water partition coefficient (Wildman–Crippen LogP) is 2.23. The third-order valence-electron chi connectivity index (χ3n) is 4.28. The predicted molar refractivity (Wildman–Crippen MR) is 72.4 cm³/mol. The van der Waals surface area contributed by atoms with Crippen molar-refractivity contribution < 1.29 is 14.6 Å². The highest BCUT2D eigenvalue weighted by Crippen LogP contribution is 2.48. The second-order valence-corrected chi connectivity index (χ2v) is 5.69. The Bertz CT molecular complexity index is 457. The smallest absolute Gasteiger partial charge is 0.231 e. The Kier molecular flexibility index (Phi) is 3.37. The van der Waals surface area contributed by atoms with Crippen LogP contribution >= 0.6 is 0 Å². The standard InChI is InChI=1S/C15H21NO3/c1-11(16-9-15(4-5-15)6-7-17)12-2-3-13-14(8-12)19-10-18-13/h2-3,8,11,16-17H,4-7,9-10H2,1H3. The quantitative estimate of drug-likeness (QED) is 0.826. The summed E-state index contributed by atoms with van der Waals surface area (Å²) in [4.78, 5) is 0. The van der Waals surface area contributed by atoms with Crippen LogP contribution in [0.3, 0.4) is 0 Å². The van der Waals surface area contributed by atoms with Crippen LogP contribution in [-0.4, -0.2) is 25.1 Å². The Morgan fingerprint density at radius 1 is 1.32 bits per heavy atom. The van der Waals surface area contributed by atoms with Crippen molar-refractivity contribution in [3.05, 3.63) is 23.8 Å². The van der Waals surface area contributed by atoms with Gasteiger partial charge in [-0.2, -0.15) is 0 Å². The van der Waals surface area contributed by atoms with E-state index in [-0.39, 0.29) is 6.04 Å². The van der Waals surface area contributed by atoms with Crippen molar-refractivity contribution in [2.24, 2.45) is 5.41 Å². The van der Waals surface area contributed by atoms with Crippen LogP contribution in [0.15, 0.2) is 18.2 Å². The first kappa shape index (κ1) is 12.8. The van der Waals surface area contributed by atoms with Crippen molar-refractivity contribution in [3.63, 3.8) is 0 Å². The van der Waals surface area contributed by atoms with Gasteiger partial charge in [0.15, 0.2) is 11.5 Å². The van der Waals surface area contributed by atoms with Gasteiger partial charge in [-0.05, 0) is 49.3 Å². The van der Waals surface area contributed by atoms with Crippen LogP contribution < -0.4 is 14.8 Å². The van der Waals surface area contributed by atoms with Gasteiger partial charge >= 0.3 is 0 Å². The van der Waals surface area contributed by atoms with E-state index < -0.39 is 0 Å². The minimum Gasteiger partial charge on any atom is -0.454 e. The van der Waals surface area contributed by atoms with Crippen LogP contribution in [0.25, 0.3) is 0 Å². The number of fused-ring (bicyclic) bond motifs is 1. The van der Waals surface area contributed by atoms with Crippen LogP contribution in [0.4, 0.5) is 0 Å². The highest BCUT2D eigenvalue weighted by molar-refractivity contribution is 5.45. The van der Waals surface area contributed by atoms with Crippen molar-refractivity contribution in [3.8, 4) is 11.5 Å². The Balaban J connectivity index is 1.59. The summed E-state index contributed by atoms with van der Waals surface area (Å²) in [6.07, 6.45) is 3.37. The molecule has 1 aliphatic carbocycles. The maximum absolute atomic E-state index is 9.07. The SMILES string of the molecule is CC(NCC1(CCO)CC1)c1ccc2c(c1)OCO2. The van der Waals surface area contributed by atoms with Crippen LogP contribution in [0.1, 0.15) is 37.8 Å². The zero-order chi connectivity index (χ0) is 13.3. The lowest BCUT2D eigenvalue weighted by molar-refractivity contribution is 0.174. The summed E-state index contributed by atoms with van der Waals surface area (Å²) in [6.45, 7) is 3.75. The van der Waals surface area contributed by atoms with Crippen molar-refractivity contribution in [1.82, 2.24) is 5.32 Å². The molecule has 0 radical (unpaired) electrons. The number of nitrogens with one attached hydrogen (secondary N) is 1. The molecule has 2 aliphatic rings. The van der Waals surface area contributed by atoms with Crippen LogP contribution in [0.5, 0.6) is 11.5 Å². The monoisotopic (exact) mass is 263 g/mol. The minimum atomic E-state index is 0.283. The van der Waals surface area contributed by atoms with Gasteiger partial charge in [0.1, 0.15) is 0 Å². The lowest BCUT2D eigenvalue weighted by Gasteiger charge is -2.20. The van der Waals surface area contributed by atoms with Crippen LogP contribution in [0.2, 0.25) is 0 Å². The second kappa shape index (κ2) is 5.02. The Labute approximate surface area is 113 Å². The highest BCUT2D eigenvalue weighted by Gasteiger charge is 2.41. The molecule has 1 fully saturated rings. The number of hydrogen-bond acceptors (Lipinski definition) is 4. The zero-order valence-electron chi connectivity index (χ0n) is 11.3. The summed E-state index contributed by atoms with van der Waals surface area (Å²) < 4.78 is 10.7. The van der Waals surface area contributed by atoms with E-state index in [0.717, 1.165) is 24.5 Å². The molecule has 4 heteroatoms. The Morgan fingerprint density at radius 2 is 2.11 bits per heavy atom. The van der Waals surface area contributed by atoms with E-state index >= 15 is 0 Å². The summed E-state index contributed by atoms with van der Waals surface area (Å²) in [5, 5.41) is 12.6. The third kappa shape index (κ3) is 2.69. The summed E-state index contributed by atoms with van der Waals surface area (Å²) in [7, 11) is 0. The number of benzene rings is 1. The molecule has 1 aromatic carbocycles. The molecule has 1 saturated carbocycles. The summed E-state index contributed by atoms with van der Waals surface area (Å²) >= 11 is 0. The van der Waals surface area contributed by atoms with E-state index in [2.05, 4.69) is 18.3 Å². The van der Waals surface area contributed by atoms with E-state index in [1.807, 2.05) is 12.1 Å². The van der Waals surface area contributed by atoms with Gasteiger partial charge in [0.2, 0.25) is 6.79 Å². The van der Waals surface area contributed by atoms with Gasteiger partial charge in [0.05, 0.1) is 0 Å². The van der Waals surface area contributed by atoms with Crippen LogP contribution in [0, 0.1) is 5.41 Å². The molecule has 3 rings (SSSR count). The molecule has 2 N–H and O–H groups in total.